The molecule has 124 valence electrons. The molecule has 3 heterocycles. The molecule has 4 atom stereocenters. The van der Waals surface area contributed by atoms with Gasteiger partial charge in [-0.25, -0.2) is 0 Å². The predicted molar refractivity (Wildman–Crippen MR) is 92.6 cm³/mol. The molecule has 5 rings (SSSR count). The van der Waals surface area contributed by atoms with Gasteiger partial charge in [0.25, 0.3) is 0 Å². The third-order valence-corrected chi connectivity index (χ3v) is 6.50. The topological polar surface area (TPSA) is 41.9 Å². The molecule has 2 bridgehead atoms. The van der Waals surface area contributed by atoms with Crippen LogP contribution in [0.15, 0.2) is 40.9 Å². The molecule has 0 aromatic heterocycles. The van der Waals surface area contributed by atoms with Crippen molar-refractivity contribution in [2.45, 2.75) is 44.2 Å². The van der Waals surface area contributed by atoms with Gasteiger partial charge in [0, 0.05) is 31.6 Å². The average molecular weight is 322 g/mol. The number of hydrogen-bond donors (Lipinski definition) is 0. The lowest BCUT2D eigenvalue weighted by Gasteiger charge is -2.52. The van der Waals surface area contributed by atoms with Crippen molar-refractivity contribution in [3.8, 4) is 0 Å². The van der Waals surface area contributed by atoms with E-state index < -0.39 is 0 Å². The lowest BCUT2D eigenvalue weighted by atomic mass is 9.59. The Hall–Kier alpha value is -1.94. The molecule has 1 aromatic rings. The van der Waals surface area contributed by atoms with Gasteiger partial charge in [0.05, 0.1) is 17.1 Å². The molecule has 1 aromatic carbocycles. The number of nitrogens with zero attached hydrogens (tertiary/aromatic N) is 2. The van der Waals surface area contributed by atoms with Crippen LogP contribution in [0.5, 0.6) is 0 Å². The van der Waals surface area contributed by atoms with Gasteiger partial charge >= 0.3 is 5.97 Å². The predicted octanol–water partition coefficient (Wildman–Crippen LogP) is 3.00. The van der Waals surface area contributed by atoms with E-state index in [0.717, 1.165) is 31.6 Å². The second-order valence-electron chi connectivity index (χ2n) is 7.46. The molecule has 0 radical (unpaired) electrons. The van der Waals surface area contributed by atoms with Gasteiger partial charge < -0.3 is 4.74 Å². The Kier molecular flexibility index (Phi) is 2.88. The third kappa shape index (κ3) is 1.62. The van der Waals surface area contributed by atoms with E-state index in [1.165, 1.54) is 23.8 Å². The zero-order valence-electron chi connectivity index (χ0n) is 14.2. The van der Waals surface area contributed by atoms with Gasteiger partial charge in [-0.1, -0.05) is 29.8 Å². The monoisotopic (exact) mass is 322 g/mol. The summed E-state index contributed by atoms with van der Waals surface area (Å²) in [5, 5.41) is 0. The summed E-state index contributed by atoms with van der Waals surface area (Å²) in [6, 6.07) is 8.76. The number of aliphatic imine (C=N–C) groups is 1. The number of hydrogen-bond acceptors (Lipinski definition) is 4. The maximum atomic E-state index is 11.8. The zero-order valence-corrected chi connectivity index (χ0v) is 14.2. The van der Waals surface area contributed by atoms with E-state index >= 15 is 0 Å². The Morgan fingerprint density at radius 3 is 3.04 bits per heavy atom. The fraction of sp³-hybridized carbons (Fsp3) is 0.500. The lowest BCUT2D eigenvalue weighted by molar-refractivity contribution is -0.155. The highest BCUT2D eigenvalue weighted by atomic mass is 16.5. The molecule has 0 unspecified atom stereocenters. The maximum Gasteiger partial charge on any atom is 0.302 e. The molecule has 1 saturated carbocycles. The summed E-state index contributed by atoms with van der Waals surface area (Å²) >= 11 is 0. The van der Waals surface area contributed by atoms with E-state index in [1.54, 1.807) is 0 Å². The number of benzene rings is 1. The number of carbonyl (C=O) groups is 1. The third-order valence-electron chi connectivity index (χ3n) is 6.50. The van der Waals surface area contributed by atoms with Gasteiger partial charge in [-0.05, 0) is 31.4 Å². The van der Waals surface area contributed by atoms with Crippen LogP contribution in [0, 0.1) is 5.92 Å². The van der Waals surface area contributed by atoms with Crippen molar-refractivity contribution in [2.24, 2.45) is 10.9 Å². The Bertz CT molecular complexity index is 797. The van der Waals surface area contributed by atoms with Crippen molar-refractivity contribution >= 4 is 17.4 Å². The van der Waals surface area contributed by atoms with E-state index in [4.69, 9.17) is 9.73 Å². The van der Waals surface area contributed by atoms with Crippen LogP contribution in [-0.4, -0.2) is 41.8 Å². The molecular formula is C20H22N2O2. The number of para-hydroxylation sites is 1. The second-order valence-corrected chi connectivity index (χ2v) is 7.46. The number of rotatable bonds is 1. The minimum Gasteiger partial charge on any atom is -0.460 e. The Balaban J connectivity index is 1.71. The largest absolute Gasteiger partial charge is 0.460 e. The fourth-order valence-corrected chi connectivity index (χ4v) is 5.65. The summed E-state index contributed by atoms with van der Waals surface area (Å²) in [6.45, 7) is 5.68. The van der Waals surface area contributed by atoms with Crippen molar-refractivity contribution in [3.63, 3.8) is 0 Å². The lowest BCUT2D eigenvalue weighted by Crippen LogP contribution is -2.64. The van der Waals surface area contributed by atoms with Gasteiger partial charge in [-0.3, -0.25) is 14.7 Å². The first kappa shape index (κ1) is 14.4. The summed E-state index contributed by atoms with van der Waals surface area (Å²) in [7, 11) is 0. The van der Waals surface area contributed by atoms with E-state index in [0.29, 0.717) is 0 Å². The van der Waals surface area contributed by atoms with Crippen LogP contribution in [0.25, 0.3) is 0 Å². The van der Waals surface area contributed by atoms with E-state index in [1.807, 2.05) is 0 Å². The number of ether oxygens (including phenoxy) is 1. The number of allylic oxidation sites excluding steroid dienone is 1. The zero-order chi connectivity index (χ0) is 16.5. The summed E-state index contributed by atoms with van der Waals surface area (Å²) in [5.74, 6) is 0.107. The normalized spacial score (nSPS) is 37.8. The summed E-state index contributed by atoms with van der Waals surface area (Å²) in [5.41, 5.74) is 5.11. The highest BCUT2D eigenvalue weighted by molar-refractivity contribution is 6.04. The van der Waals surface area contributed by atoms with Crippen LogP contribution in [0.1, 0.15) is 32.3 Å². The maximum absolute atomic E-state index is 11.8. The molecule has 4 aliphatic rings. The van der Waals surface area contributed by atoms with Crippen LogP contribution < -0.4 is 0 Å². The van der Waals surface area contributed by atoms with Crippen molar-refractivity contribution in [1.82, 2.24) is 4.90 Å². The molecule has 4 heteroatoms. The van der Waals surface area contributed by atoms with Crippen LogP contribution in [0.2, 0.25) is 0 Å². The summed E-state index contributed by atoms with van der Waals surface area (Å²) in [6.07, 6.45) is 4.15. The van der Waals surface area contributed by atoms with Gasteiger partial charge in [-0.2, -0.15) is 0 Å². The van der Waals surface area contributed by atoms with Crippen LogP contribution in [0.4, 0.5) is 5.69 Å². The molecule has 1 aliphatic carbocycles. The van der Waals surface area contributed by atoms with Crippen molar-refractivity contribution in [3.05, 3.63) is 41.5 Å². The van der Waals surface area contributed by atoms with Gasteiger partial charge in [-0.15, -0.1) is 0 Å². The summed E-state index contributed by atoms with van der Waals surface area (Å²) < 4.78 is 5.91. The minimum atomic E-state index is -0.170. The first-order chi connectivity index (χ1) is 11.6. The van der Waals surface area contributed by atoms with E-state index in [-0.39, 0.29) is 29.4 Å². The van der Waals surface area contributed by atoms with Crippen LogP contribution in [0.3, 0.4) is 0 Å². The molecule has 24 heavy (non-hydrogen) atoms. The van der Waals surface area contributed by atoms with Crippen molar-refractivity contribution in [1.29, 1.82) is 0 Å². The molecule has 2 saturated heterocycles. The van der Waals surface area contributed by atoms with Crippen LogP contribution in [-0.2, 0) is 14.9 Å². The number of piperidine rings is 1. The number of carbonyl (C=O) groups excluding carboxylic acids is 1. The Morgan fingerprint density at radius 2 is 2.25 bits per heavy atom. The SMILES string of the molecule is C/C=C1/CN2CC[C@@]34C(=Nc5ccccc53)C[C@H]1[C@@H](OC(C)=O)[C@H]24. The first-order valence-corrected chi connectivity index (χ1v) is 8.89. The van der Waals surface area contributed by atoms with E-state index in [9.17, 15) is 4.79 Å². The van der Waals surface area contributed by atoms with Crippen molar-refractivity contribution in [2.75, 3.05) is 13.1 Å². The molecule has 3 aliphatic heterocycles. The quantitative estimate of drug-likeness (QED) is 0.589. The van der Waals surface area contributed by atoms with Crippen LogP contribution >= 0.6 is 0 Å². The number of esters is 1. The molecule has 0 amide bonds. The molecule has 1 spiro atoms. The standard InChI is InChI=1S/C20H22N2O2/c1-3-13-11-22-9-8-20-15-6-4-5-7-16(15)21-17(20)10-14(13)18(19(20)22)24-12(2)23/h3-7,14,18-19H,8-11H2,1-2H3/b13-3-/t14-,18-,19+,20+/m1/s1. The Labute approximate surface area is 142 Å². The minimum absolute atomic E-state index is 0.0491. The molecular weight excluding hydrogens is 300 g/mol. The average Bonchev–Trinajstić information content (AvgIpc) is 3.11. The Morgan fingerprint density at radius 1 is 1.42 bits per heavy atom. The molecule has 3 fully saturated rings. The van der Waals surface area contributed by atoms with Gasteiger partial charge in [0.15, 0.2) is 0 Å². The number of fused-ring (bicyclic) bond motifs is 2. The fourth-order valence-electron chi connectivity index (χ4n) is 5.65. The highest BCUT2D eigenvalue weighted by Gasteiger charge is 2.65. The first-order valence-electron chi connectivity index (χ1n) is 8.89. The molecule has 0 N–H and O–H groups in total. The van der Waals surface area contributed by atoms with Gasteiger partial charge in [0.1, 0.15) is 6.10 Å². The highest BCUT2D eigenvalue weighted by Crippen LogP contribution is 2.58. The van der Waals surface area contributed by atoms with E-state index in [2.05, 4.69) is 42.2 Å². The van der Waals surface area contributed by atoms with Crippen molar-refractivity contribution < 1.29 is 9.53 Å². The smallest absolute Gasteiger partial charge is 0.302 e. The summed E-state index contributed by atoms with van der Waals surface area (Å²) in [4.78, 5) is 19.4. The molecule has 4 nitrogen and oxygen atoms in total. The van der Waals surface area contributed by atoms with Gasteiger partial charge in [0.2, 0.25) is 0 Å². The second kappa shape index (κ2) is 4.79.